The van der Waals surface area contributed by atoms with Gasteiger partial charge in [0.2, 0.25) is 17.9 Å². The standard InChI is InChI=1S/C33H50O10/c1-18-8-10-24-20(3)26(36-28-32(24)22(18)12-14-30(5,38-28)40-42-32)34-16-7-17-35-27-21(4)25-11-9-19(2)23-13-15-31(6)39-29(37-27)33(23,25)43-41-31/h7,16,18-29H,8-15,17H2,1-6H3/b16-7+/t18-,19-,20-,21-,22+,23+,24?,25?,26+,27+,28-,29-,30+,31+,32-,33-/m1/s1. The van der Waals surface area contributed by atoms with Crippen LogP contribution < -0.4 is 0 Å². The van der Waals surface area contributed by atoms with Crippen LogP contribution in [0, 0.1) is 47.3 Å². The Morgan fingerprint density at radius 2 is 1.14 bits per heavy atom. The van der Waals surface area contributed by atoms with E-state index in [1.807, 2.05) is 19.9 Å². The van der Waals surface area contributed by atoms with Crippen molar-refractivity contribution in [3.63, 3.8) is 0 Å². The van der Waals surface area contributed by atoms with Crippen LogP contribution in [0.25, 0.3) is 0 Å². The van der Waals surface area contributed by atoms with Gasteiger partial charge < -0.3 is 28.4 Å². The van der Waals surface area contributed by atoms with Crippen LogP contribution in [0.5, 0.6) is 0 Å². The highest BCUT2D eigenvalue weighted by molar-refractivity contribution is 5.10. The molecule has 8 heterocycles. The van der Waals surface area contributed by atoms with Crippen LogP contribution in [0.1, 0.15) is 92.9 Å². The van der Waals surface area contributed by atoms with Crippen molar-refractivity contribution in [2.75, 3.05) is 6.61 Å². The summed E-state index contributed by atoms with van der Waals surface area (Å²) in [5, 5.41) is 0. The molecule has 0 amide bonds. The molecule has 8 saturated heterocycles. The van der Waals surface area contributed by atoms with Crippen molar-refractivity contribution >= 4 is 0 Å². The number of fused-ring (bicyclic) bond motifs is 4. The highest BCUT2D eigenvalue weighted by Crippen LogP contribution is 2.62. The summed E-state index contributed by atoms with van der Waals surface area (Å²) in [6.45, 7) is 13.3. The van der Waals surface area contributed by atoms with Crippen LogP contribution in [0.4, 0.5) is 0 Å². The quantitative estimate of drug-likeness (QED) is 0.276. The number of hydrogen-bond donors (Lipinski definition) is 0. The fourth-order valence-electron chi connectivity index (χ4n) is 10.4. The van der Waals surface area contributed by atoms with Crippen LogP contribution in [-0.4, -0.2) is 54.5 Å². The number of hydrogen-bond acceptors (Lipinski definition) is 10. The molecule has 10 aliphatic rings. The van der Waals surface area contributed by atoms with E-state index in [1.54, 1.807) is 6.26 Å². The van der Waals surface area contributed by atoms with E-state index in [0.29, 0.717) is 30.3 Å². The zero-order valence-electron chi connectivity index (χ0n) is 26.5. The van der Waals surface area contributed by atoms with Gasteiger partial charge in [0.25, 0.3) is 0 Å². The summed E-state index contributed by atoms with van der Waals surface area (Å²) in [6, 6.07) is 0. The number of ether oxygens (including phenoxy) is 6. The number of rotatable bonds is 5. The molecule has 2 spiro atoms. The second-order valence-electron chi connectivity index (χ2n) is 15.4. The lowest BCUT2D eigenvalue weighted by Crippen LogP contribution is -2.70. The first-order valence-electron chi connectivity index (χ1n) is 16.9. The van der Waals surface area contributed by atoms with E-state index < -0.39 is 47.9 Å². The topological polar surface area (TPSA) is 92.3 Å². The lowest BCUT2D eigenvalue weighted by atomic mass is 9.58. The second kappa shape index (κ2) is 10.3. The van der Waals surface area contributed by atoms with Gasteiger partial charge in [-0.1, -0.05) is 27.7 Å². The maximum Gasteiger partial charge on any atom is 0.204 e. The van der Waals surface area contributed by atoms with E-state index in [0.717, 1.165) is 51.4 Å². The maximum atomic E-state index is 6.54. The van der Waals surface area contributed by atoms with Gasteiger partial charge in [0.05, 0.1) is 12.9 Å². The lowest BCUT2D eigenvalue weighted by molar-refractivity contribution is -0.577. The third kappa shape index (κ3) is 4.30. The van der Waals surface area contributed by atoms with Crippen molar-refractivity contribution in [2.24, 2.45) is 47.3 Å². The van der Waals surface area contributed by atoms with Gasteiger partial charge in [0, 0.05) is 36.5 Å². The van der Waals surface area contributed by atoms with Crippen molar-refractivity contribution < 1.29 is 48.0 Å². The van der Waals surface area contributed by atoms with E-state index >= 15 is 0 Å². The smallest absolute Gasteiger partial charge is 0.204 e. The molecule has 10 nitrogen and oxygen atoms in total. The van der Waals surface area contributed by atoms with E-state index in [-0.39, 0.29) is 23.7 Å². The van der Waals surface area contributed by atoms with Crippen molar-refractivity contribution in [1.82, 2.24) is 0 Å². The molecule has 8 aliphatic heterocycles. The molecule has 0 aromatic carbocycles. The van der Waals surface area contributed by atoms with Crippen LogP contribution >= 0.6 is 0 Å². The Balaban J connectivity index is 0.926. The monoisotopic (exact) mass is 606 g/mol. The highest BCUT2D eigenvalue weighted by Gasteiger charge is 2.71. The van der Waals surface area contributed by atoms with Gasteiger partial charge in [0.15, 0.2) is 30.1 Å². The van der Waals surface area contributed by atoms with E-state index in [9.17, 15) is 0 Å². The van der Waals surface area contributed by atoms with Crippen LogP contribution in [-0.2, 0) is 48.0 Å². The van der Waals surface area contributed by atoms with Crippen molar-refractivity contribution in [2.45, 2.75) is 141 Å². The first-order chi connectivity index (χ1) is 20.6. The van der Waals surface area contributed by atoms with Crippen LogP contribution in [0.15, 0.2) is 12.3 Å². The Bertz CT molecular complexity index is 1100. The predicted molar refractivity (Wildman–Crippen MR) is 150 cm³/mol. The summed E-state index contributed by atoms with van der Waals surface area (Å²) in [5.41, 5.74) is -1.17. The summed E-state index contributed by atoms with van der Waals surface area (Å²) in [7, 11) is 0. The van der Waals surface area contributed by atoms with Gasteiger partial charge in [-0.2, -0.15) is 0 Å². The third-order valence-electron chi connectivity index (χ3n) is 12.9. The minimum absolute atomic E-state index is 0.109. The predicted octanol–water partition coefficient (Wildman–Crippen LogP) is 5.95. The zero-order chi connectivity index (χ0) is 29.8. The summed E-state index contributed by atoms with van der Waals surface area (Å²) >= 11 is 0. The summed E-state index contributed by atoms with van der Waals surface area (Å²) < 4.78 is 38.5. The third-order valence-corrected chi connectivity index (χ3v) is 12.9. The molecule has 10 rings (SSSR count). The van der Waals surface area contributed by atoms with Gasteiger partial charge >= 0.3 is 0 Å². The fraction of sp³-hybridized carbons (Fsp3) is 0.939. The molecule has 10 heteroatoms. The fourth-order valence-corrected chi connectivity index (χ4v) is 10.4. The largest absolute Gasteiger partial charge is 0.472 e. The Labute approximate surface area is 255 Å². The Hall–Kier alpha value is -0.820. The molecule has 0 radical (unpaired) electrons. The molecule has 4 bridgehead atoms. The molecule has 10 fully saturated rings. The second-order valence-corrected chi connectivity index (χ2v) is 15.4. The molecule has 43 heavy (non-hydrogen) atoms. The molecule has 16 atom stereocenters. The van der Waals surface area contributed by atoms with Gasteiger partial charge in [-0.3, -0.25) is 0 Å². The average molecular weight is 607 g/mol. The summed E-state index contributed by atoms with van der Waals surface area (Å²) in [5.74, 6) is 0.820. The van der Waals surface area contributed by atoms with Crippen molar-refractivity contribution in [3.05, 3.63) is 12.3 Å². The zero-order valence-corrected chi connectivity index (χ0v) is 26.5. The first kappa shape index (κ1) is 29.6. The van der Waals surface area contributed by atoms with Gasteiger partial charge in [-0.05, 0) is 82.1 Å². The molecular weight excluding hydrogens is 556 g/mol. The Morgan fingerprint density at radius 1 is 0.628 bits per heavy atom. The Kier molecular flexibility index (Phi) is 7.11. The van der Waals surface area contributed by atoms with Crippen LogP contribution in [0.2, 0.25) is 0 Å². The van der Waals surface area contributed by atoms with Crippen molar-refractivity contribution in [1.29, 1.82) is 0 Å². The maximum absolute atomic E-state index is 6.54. The van der Waals surface area contributed by atoms with E-state index in [4.69, 9.17) is 48.0 Å². The van der Waals surface area contributed by atoms with Crippen LogP contribution in [0.3, 0.4) is 0 Å². The molecular formula is C33H50O10. The lowest BCUT2D eigenvalue weighted by Gasteiger charge is -2.60. The minimum atomic E-state index is -0.798. The van der Waals surface area contributed by atoms with E-state index in [1.165, 1.54) is 0 Å². The Morgan fingerprint density at radius 3 is 1.70 bits per heavy atom. The summed E-state index contributed by atoms with van der Waals surface area (Å²) in [4.78, 5) is 24.4. The molecule has 242 valence electrons. The average Bonchev–Trinajstić information content (AvgIpc) is 3.35. The van der Waals surface area contributed by atoms with Crippen molar-refractivity contribution in [3.8, 4) is 0 Å². The van der Waals surface area contributed by atoms with E-state index in [2.05, 4.69) is 27.7 Å². The molecule has 2 aliphatic carbocycles. The van der Waals surface area contributed by atoms with Gasteiger partial charge in [-0.25, -0.2) is 19.6 Å². The molecule has 2 unspecified atom stereocenters. The van der Waals surface area contributed by atoms with Gasteiger partial charge in [-0.15, -0.1) is 0 Å². The SMILES string of the molecule is C[C@@H]1CCC2[C@@H](C)[C@@H](O/C=C/CO[C@H]3O[C@@H]4O[C@]5(C)CC[C@H]6[C@H](C)CCC([C@H]3C)[C@@]46OO5)O[C@@H]3O[C@]4(C)CC[C@@H]1[C@@]23OO4. The normalized spacial score (nSPS) is 58.8. The molecule has 0 N–H and O–H groups in total. The minimum Gasteiger partial charge on any atom is -0.472 e. The highest BCUT2D eigenvalue weighted by atomic mass is 17.3. The first-order valence-corrected chi connectivity index (χ1v) is 16.9. The molecule has 0 aromatic heterocycles. The molecule has 0 aromatic rings. The summed E-state index contributed by atoms with van der Waals surface area (Å²) in [6.07, 6.45) is 9.70. The molecule has 2 saturated carbocycles. The van der Waals surface area contributed by atoms with Gasteiger partial charge in [0.1, 0.15) is 0 Å².